The van der Waals surface area contributed by atoms with Gasteiger partial charge in [-0.1, -0.05) is 12.1 Å². The summed E-state index contributed by atoms with van der Waals surface area (Å²) < 4.78 is 14.6. The lowest BCUT2D eigenvalue weighted by molar-refractivity contribution is -0.777. The zero-order valence-corrected chi connectivity index (χ0v) is 16.0. The fourth-order valence-electron chi connectivity index (χ4n) is 2.17. The second-order valence-corrected chi connectivity index (χ2v) is 5.85. The summed E-state index contributed by atoms with van der Waals surface area (Å²) in [5, 5.41) is 11.6. The van der Waals surface area contributed by atoms with Crippen molar-refractivity contribution in [3.8, 4) is 5.75 Å². The van der Waals surface area contributed by atoms with E-state index in [1.54, 1.807) is 36.4 Å². The normalized spacial score (nSPS) is 11.0. The third-order valence-corrected chi connectivity index (χ3v) is 3.43. The van der Waals surface area contributed by atoms with Gasteiger partial charge in [-0.2, -0.15) is 0 Å². The Labute approximate surface area is 170 Å². The minimum atomic E-state index is -1.41. The second-order valence-electron chi connectivity index (χ2n) is 5.85. The molecule has 1 unspecified atom stereocenters. The van der Waals surface area contributed by atoms with Gasteiger partial charge in [-0.25, -0.2) is 9.59 Å². The Bertz CT molecular complexity index is 911. The van der Waals surface area contributed by atoms with Crippen molar-refractivity contribution in [1.29, 1.82) is 0 Å². The van der Waals surface area contributed by atoms with Crippen LogP contribution in [0.1, 0.15) is 29.8 Å². The van der Waals surface area contributed by atoms with Crippen LogP contribution in [0, 0.1) is 10.1 Å². The number of rotatable bonds is 8. The van der Waals surface area contributed by atoms with Gasteiger partial charge in [0.15, 0.2) is 0 Å². The average molecular weight is 418 g/mol. The molecule has 1 amide bonds. The largest absolute Gasteiger partial charge is 0.510 e. The maximum Gasteiger partial charge on any atom is 0.510 e. The molecule has 0 saturated carbocycles. The molecule has 0 saturated heterocycles. The molecule has 0 heterocycles. The molecule has 2 aromatic rings. The lowest BCUT2D eigenvalue weighted by atomic mass is 10.1. The predicted octanol–water partition coefficient (Wildman–Crippen LogP) is 3.07. The highest BCUT2D eigenvalue weighted by Crippen LogP contribution is 2.17. The Morgan fingerprint density at radius 1 is 1.07 bits per heavy atom. The first kappa shape index (κ1) is 22.1. The predicted molar refractivity (Wildman–Crippen MR) is 101 cm³/mol. The van der Waals surface area contributed by atoms with Crippen molar-refractivity contribution in [1.82, 2.24) is 0 Å². The molecule has 2 aromatic carbocycles. The highest BCUT2D eigenvalue weighted by atomic mass is 17.0. The summed E-state index contributed by atoms with van der Waals surface area (Å²) in [6.07, 6.45) is -2.55. The van der Waals surface area contributed by atoms with Crippen LogP contribution in [-0.4, -0.2) is 29.4 Å². The monoisotopic (exact) mass is 418 g/mol. The summed E-state index contributed by atoms with van der Waals surface area (Å²) >= 11 is 0. The van der Waals surface area contributed by atoms with Gasteiger partial charge >= 0.3 is 12.1 Å². The van der Waals surface area contributed by atoms with Gasteiger partial charge in [0, 0.05) is 12.6 Å². The van der Waals surface area contributed by atoms with Gasteiger partial charge in [0.1, 0.15) is 12.4 Å². The number of hydrogen-bond donors (Lipinski definition) is 1. The Kier molecular flexibility index (Phi) is 7.68. The fraction of sp³-hybridized carbons (Fsp3) is 0.211. The first-order valence-electron chi connectivity index (χ1n) is 8.56. The summed E-state index contributed by atoms with van der Waals surface area (Å²) in [7, 11) is 0. The van der Waals surface area contributed by atoms with Crippen LogP contribution in [0.4, 0.5) is 10.5 Å². The number of benzene rings is 2. The minimum Gasteiger partial charge on any atom is -0.429 e. The van der Waals surface area contributed by atoms with Gasteiger partial charge in [-0.05, 0) is 48.9 Å². The summed E-state index contributed by atoms with van der Waals surface area (Å²) in [6, 6.07) is 12.3. The van der Waals surface area contributed by atoms with Crippen LogP contribution in [0.25, 0.3) is 0 Å². The lowest BCUT2D eigenvalue weighted by Gasteiger charge is -2.11. The van der Waals surface area contributed by atoms with Crippen molar-refractivity contribution in [3.63, 3.8) is 0 Å². The molecule has 0 bridgehead atoms. The van der Waals surface area contributed by atoms with Gasteiger partial charge in [0.2, 0.25) is 12.2 Å². The molecule has 11 nitrogen and oxygen atoms in total. The summed E-state index contributed by atoms with van der Waals surface area (Å²) in [6.45, 7) is 2.37. The maximum absolute atomic E-state index is 12.2. The number of anilines is 1. The third-order valence-electron chi connectivity index (χ3n) is 3.43. The molecule has 2 rings (SSSR count). The Morgan fingerprint density at radius 3 is 2.27 bits per heavy atom. The molecule has 0 aromatic heterocycles. The molecule has 11 heteroatoms. The minimum absolute atomic E-state index is 0.177. The SMILES string of the molecule is CC(=O)Nc1ccc(OC(=O)c2ccc(COC(=O)OC(C)O[N+](=O)[O-])cc2)cc1. The highest BCUT2D eigenvalue weighted by Gasteiger charge is 2.14. The van der Waals surface area contributed by atoms with Gasteiger partial charge in [-0.15, -0.1) is 10.1 Å². The molecule has 1 atom stereocenters. The molecule has 0 aliphatic carbocycles. The van der Waals surface area contributed by atoms with E-state index in [1.807, 2.05) is 0 Å². The van der Waals surface area contributed by atoms with Crippen LogP contribution >= 0.6 is 0 Å². The molecule has 30 heavy (non-hydrogen) atoms. The zero-order chi connectivity index (χ0) is 22.1. The Balaban J connectivity index is 1.84. The van der Waals surface area contributed by atoms with E-state index in [4.69, 9.17) is 9.47 Å². The molecular formula is C19H18N2O9. The van der Waals surface area contributed by atoms with E-state index in [2.05, 4.69) is 14.9 Å². The number of carbonyl (C=O) groups is 3. The number of amides is 1. The van der Waals surface area contributed by atoms with E-state index in [-0.39, 0.29) is 18.1 Å². The van der Waals surface area contributed by atoms with Crippen molar-refractivity contribution < 1.29 is 38.5 Å². The summed E-state index contributed by atoms with van der Waals surface area (Å²) in [5.74, 6) is -0.508. The summed E-state index contributed by atoms with van der Waals surface area (Å²) in [5.41, 5.74) is 1.38. The van der Waals surface area contributed by atoms with E-state index in [0.29, 0.717) is 17.0 Å². The number of nitrogens with zero attached hydrogens (tertiary/aromatic N) is 1. The quantitative estimate of drug-likeness (QED) is 0.225. The molecule has 0 radical (unpaired) electrons. The molecule has 158 valence electrons. The maximum atomic E-state index is 12.2. The Hall–Kier alpha value is -4.15. The van der Waals surface area contributed by atoms with E-state index in [9.17, 15) is 24.5 Å². The molecule has 1 N–H and O–H groups in total. The lowest BCUT2D eigenvalue weighted by Crippen LogP contribution is -2.21. The molecule has 0 fully saturated rings. The van der Waals surface area contributed by atoms with Gasteiger partial charge in [-0.3, -0.25) is 9.63 Å². The van der Waals surface area contributed by atoms with Crippen LogP contribution in [0.3, 0.4) is 0 Å². The van der Waals surface area contributed by atoms with E-state index in [0.717, 1.165) is 6.92 Å². The van der Waals surface area contributed by atoms with Crippen LogP contribution in [0.2, 0.25) is 0 Å². The van der Waals surface area contributed by atoms with Gasteiger partial charge in [0.05, 0.1) is 5.56 Å². The Morgan fingerprint density at radius 2 is 1.70 bits per heavy atom. The highest BCUT2D eigenvalue weighted by molar-refractivity contribution is 5.91. The van der Waals surface area contributed by atoms with Gasteiger partial charge < -0.3 is 19.5 Å². The number of esters is 1. The standard InChI is InChI=1S/C19H18N2O9/c1-12(22)20-16-7-9-17(10-8-16)29-18(23)15-5-3-14(4-6-15)11-27-19(24)28-13(2)30-21(25)26/h3-10,13H,11H2,1-2H3,(H,20,22). The second kappa shape index (κ2) is 10.4. The van der Waals surface area contributed by atoms with E-state index < -0.39 is 23.5 Å². The van der Waals surface area contributed by atoms with Crippen molar-refractivity contribution in [2.75, 3.05) is 5.32 Å². The van der Waals surface area contributed by atoms with Crippen LogP contribution < -0.4 is 10.1 Å². The van der Waals surface area contributed by atoms with Crippen molar-refractivity contribution in [3.05, 3.63) is 69.8 Å². The van der Waals surface area contributed by atoms with Crippen molar-refractivity contribution in [2.45, 2.75) is 26.7 Å². The number of nitrogens with one attached hydrogen (secondary N) is 1. The molecule has 0 spiro atoms. The summed E-state index contributed by atoms with van der Waals surface area (Å²) in [4.78, 5) is 48.8. The van der Waals surface area contributed by atoms with E-state index in [1.165, 1.54) is 19.1 Å². The topological polar surface area (TPSA) is 143 Å². The average Bonchev–Trinajstić information content (AvgIpc) is 2.67. The first-order valence-corrected chi connectivity index (χ1v) is 8.56. The smallest absolute Gasteiger partial charge is 0.429 e. The van der Waals surface area contributed by atoms with Gasteiger partial charge in [0.25, 0.3) is 5.09 Å². The molecular weight excluding hydrogens is 400 g/mol. The molecule has 0 aliphatic heterocycles. The fourth-order valence-corrected chi connectivity index (χ4v) is 2.17. The van der Waals surface area contributed by atoms with Crippen LogP contribution in [0.15, 0.2) is 48.5 Å². The van der Waals surface area contributed by atoms with Crippen molar-refractivity contribution >= 4 is 23.7 Å². The number of carbonyl (C=O) groups excluding carboxylic acids is 3. The first-order chi connectivity index (χ1) is 14.2. The number of hydrogen-bond acceptors (Lipinski definition) is 9. The third kappa shape index (κ3) is 7.46. The number of ether oxygens (including phenoxy) is 3. The van der Waals surface area contributed by atoms with Crippen LogP contribution in [0.5, 0.6) is 5.75 Å². The zero-order valence-electron chi connectivity index (χ0n) is 16.0. The van der Waals surface area contributed by atoms with E-state index >= 15 is 0 Å². The van der Waals surface area contributed by atoms with Crippen molar-refractivity contribution in [2.24, 2.45) is 0 Å². The molecule has 0 aliphatic rings. The van der Waals surface area contributed by atoms with Crippen LogP contribution in [-0.2, 0) is 25.7 Å².